The molecule has 19 heavy (non-hydrogen) atoms. The number of unbranched alkanes of at least 4 members (excludes halogenated alkanes) is 1. The van der Waals surface area contributed by atoms with Gasteiger partial charge in [0.05, 0.1) is 0 Å². The summed E-state index contributed by atoms with van der Waals surface area (Å²) in [6.45, 7) is 13.5. The summed E-state index contributed by atoms with van der Waals surface area (Å²) in [5, 5.41) is 3.64. The van der Waals surface area contributed by atoms with E-state index in [4.69, 9.17) is 0 Å². The summed E-state index contributed by atoms with van der Waals surface area (Å²) < 4.78 is 0. The molecule has 0 aromatic heterocycles. The quantitative estimate of drug-likeness (QED) is 0.716. The molecular weight excluding hydrogens is 236 g/mol. The Balaban J connectivity index is 1.50. The third-order valence-corrected chi connectivity index (χ3v) is 4.65. The molecule has 2 aliphatic heterocycles. The summed E-state index contributed by atoms with van der Waals surface area (Å²) in [5.41, 5.74) is 0. The van der Waals surface area contributed by atoms with Crippen LogP contribution in [0, 0.1) is 0 Å². The molecule has 0 saturated carbocycles. The molecule has 0 aliphatic carbocycles. The molecule has 2 aliphatic rings. The molecule has 0 bridgehead atoms. The van der Waals surface area contributed by atoms with Gasteiger partial charge in [0.25, 0.3) is 0 Å². The maximum Gasteiger partial charge on any atom is 0.0195 e. The number of rotatable bonds is 6. The van der Waals surface area contributed by atoms with E-state index >= 15 is 0 Å². The smallest absolute Gasteiger partial charge is 0.0195 e. The summed E-state index contributed by atoms with van der Waals surface area (Å²) in [7, 11) is 2.24. The van der Waals surface area contributed by atoms with Crippen molar-refractivity contribution < 1.29 is 0 Å². The van der Waals surface area contributed by atoms with E-state index < -0.39 is 0 Å². The van der Waals surface area contributed by atoms with Gasteiger partial charge < -0.3 is 20.0 Å². The van der Waals surface area contributed by atoms with E-state index in [2.05, 4.69) is 34.0 Å². The lowest BCUT2D eigenvalue weighted by atomic mass is 10.1. The Morgan fingerprint density at radius 2 is 1.74 bits per heavy atom. The number of hydrogen-bond donors (Lipinski definition) is 1. The molecule has 0 radical (unpaired) electrons. The van der Waals surface area contributed by atoms with Crippen LogP contribution < -0.4 is 5.32 Å². The van der Waals surface area contributed by atoms with Crippen molar-refractivity contribution in [3.8, 4) is 0 Å². The summed E-state index contributed by atoms with van der Waals surface area (Å²) in [6.07, 6.45) is 4.09. The van der Waals surface area contributed by atoms with Gasteiger partial charge >= 0.3 is 0 Å². The fraction of sp³-hybridized carbons (Fsp3) is 1.00. The number of hydrogen-bond acceptors (Lipinski definition) is 4. The minimum absolute atomic E-state index is 0.732. The molecule has 112 valence electrons. The van der Waals surface area contributed by atoms with Gasteiger partial charge in [-0.05, 0) is 33.0 Å². The summed E-state index contributed by atoms with van der Waals surface area (Å²) >= 11 is 0. The average Bonchev–Trinajstić information content (AvgIpc) is 2.44. The molecule has 2 saturated heterocycles. The molecule has 0 spiro atoms. The van der Waals surface area contributed by atoms with E-state index in [1.54, 1.807) is 0 Å². The molecule has 1 N–H and O–H groups in total. The van der Waals surface area contributed by atoms with Crippen LogP contribution >= 0.6 is 0 Å². The highest BCUT2D eigenvalue weighted by Crippen LogP contribution is 2.08. The molecule has 2 rings (SSSR count). The lowest BCUT2D eigenvalue weighted by Crippen LogP contribution is -2.49. The molecule has 2 heterocycles. The van der Waals surface area contributed by atoms with E-state index in [1.165, 1.54) is 78.2 Å². The standard InChI is InChI=1S/C15H32N4/c1-3-18-10-12-19(13-11-18)8-5-4-6-15-14-17(2)9-7-16-15/h15-16H,3-14H2,1-2H3. The highest BCUT2D eigenvalue weighted by Gasteiger charge is 2.17. The zero-order valence-corrected chi connectivity index (χ0v) is 12.9. The van der Waals surface area contributed by atoms with E-state index in [0.29, 0.717) is 0 Å². The third kappa shape index (κ3) is 5.38. The van der Waals surface area contributed by atoms with E-state index in [0.717, 1.165) is 6.04 Å². The maximum absolute atomic E-state index is 3.64. The first-order valence-corrected chi connectivity index (χ1v) is 8.14. The van der Waals surface area contributed by atoms with Crippen molar-refractivity contribution in [3.63, 3.8) is 0 Å². The zero-order valence-electron chi connectivity index (χ0n) is 12.9. The molecule has 0 aromatic carbocycles. The molecule has 0 amide bonds. The van der Waals surface area contributed by atoms with Crippen LogP contribution in [-0.4, -0.2) is 86.7 Å². The predicted molar refractivity (Wildman–Crippen MR) is 81.7 cm³/mol. The van der Waals surface area contributed by atoms with Crippen LogP contribution in [0.2, 0.25) is 0 Å². The SMILES string of the molecule is CCN1CCN(CCCCC2CN(C)CCN2)CC1. The molecule has 4 nitrogen and oxygen atoms in total. The number of nitrogens with zero attached hydrogens (tertiary/aromatic N) is 3. The van der Waals surface area contributed by atoms with Gasteiger partial charge in [0.2, 0.25) is 0 Å². The second-order valence-corrected chi connectivity index (χ2v) is 6.18. The Morgan fingerprint density at radius 1 is 1.00 bits per heavy atom. The second-order valence-electron chi connectivity index (χ2n) is 6.18. The fourth-order valence-electron chi connectivity index (χ4n) is 3.24. The zero-order chi connectivity index (χ0) is 13.5. The second kappa shape index (κ2) is 8.20. The van der Waals surface area contributed by atoms with Crippen molar-refractivity contribution >= 4 is 0 Å². The average molecular weight is 268 g/mol. The first-order valence-electron chi connectivity index (χ1n) is 8.14. The van der Waals surface area contributed by atoms with Crippen LogP contribution in [0.1, 0.15) is 26.2 Å². The molecule has 1 atom stereocenters. The molecule has 0 aromatic rings. The van der Waals surface area contributed by atoms with Crippen molar-refractivity contribution in [3.05, 3.63) is 0 Å². The Morgan fingerprint density at radius 3 is 2.42 bits per heavy atom. The fourth-order valence-corrected chi connectivity index (χ4v) is 3.24. The summed E-state index contributed by atoms with van der Waals surface area (Å²) in [6, 6.07) is 0.732. The van der Waals surface area contributed by atoms with Crippen LogP contribution in [0.4, 0.5) is 0 Å². The van der Waals surface area contributed by atoms with Crippen LogP contribution in [0.15, 0.2) is 0 Å². The number of nitrogens with one attached hydrogen (secondary N) is 1. The van der Waals surface area contributed by atoms with Crippen molar-refractivity contribution in [2.45, 2.75) is 32.2 Å². The lowest BCUT2D eigenvalue weighted by molar-refractivity contribution is 0.134. The Hall–Kier alpha value is -0.160. The van der Waals surface area contributed by atoms with Gasteiger partial charge in [-0.15, -0.1) is 0 Å². The van der Waals surface area contributed by atoms with Gasteiger partial charge in [-0.2, -0.15) is 0 Å². The highest BCUT2D eigenvalue weighted by molar-refractivity contribution is 4.77. The monoisotopic (exact) mass is 268 g/mol. The molecule has 2 fully saturated rings. The topological polar surface area (TPSA) is 21.8 Å². The predicted octanol–water partition coefficient (Wildman–Crippen LogP) is 0.698. The Kier molecular flexibility index (Phi) is 6.57. The normalized spacial score (nSPS) is 27.8. The maximum atomic E-state index is 3.64. The third-order valence-electron chi connectivity index (χ3n) is 4.65. The largest absolute Gasteiger partial charge is 0.311 e. The van der Waals surface area contributed by atoms with Crippen molar-refractivity contribution in [2.75, 3.05) is 66.0 Å². The molecule has 1 unspecified atom stereocenters. The Bertz CT molecular complexity index is 238. The lowest BCUT2D eigenvalue weighted by Gasteiger charge is -2.34. The van der Waals surface area contributed by atoms with Gasteiger partial charge in [0.15, 0.2) is 0 Å². The molecular formula is C15H32N4. The first-order chi connectivity index (χ1) is 9.28. The van der Waals surface area contributed by atoms with Crippen molar-refractivity contribution in [1.82, 2.24) is 20.0 Å². The van der Waals surface area contributed by atoms with Crippen LogP contribution in [0.3, 0.4) is 0 Å². The first kappa shape index (κ1) is 15.2. The van der Waals surface area contributed by atoms with Gasteiger partial charge in [0.1, 0.15) is 0 Å². The van der Waals surface area contributed by atoms with Gasteiger partial charge in [-0.3, -0.25) is 0 Å². The van der Waals surface area contributed by atoms with Crippen LogP contribution in [0.5, 0.6) is 0 Å². The highest BCUT2D eigenvalue weighted by atomic mass is 15.3. The number of likely N-dealkylation sites (N-methyl/N-ethyl adjacent to an activating group) is 2. The van der Waals surface area contributed by atoms with Crippen LogP contribution in [0.25, 0.3) is 0 Å². The summed E-state index contributed by atoms with van der Waals surface area (Å²) in [4.78, 5) is 7.65. The number of piperazine rings is 2. The van der Waals surface area contributed by atoms with E-state index in [-0.39, 0.29) is 0 Å². The molecule has 4 heteroatoms. The summed E-state index contributed by atoms with van der Waals surface area (Å²) in [5.74, 6) is 0. The van der Waals surface area contributed by atoms with E-state index in [9.17, 15) is 0 Å². The van der Waals surface area contributed by atoms with Gasteiger partial charge in [-0.1, -0.05) is 13.3 Å². The van der Waals surface area contributed by atoms with Crippen molar-refractivity contribution in [1.29, 1.82) is 0 Å². The minimum Gasteiger partial charge on any atom is -0.311 e. The van der Waals surface area contributed by atoms with Crippen LogP contribution in [-0.2, 0) is 0 Å². The Labute approximate surface area is 119 Å². The van der Waals surface area contributed by atoms with Gasteiger partial charge in [-0.25, -0.2) is 0 Å². The van der Waals surface area contributed by atoms with Crippen molar-refractivity contribution in [2.24, 2.45) is 0 Å². The van der Waals surface area contributed by atoms with E-state index in [1.807, 2.05) is 0 Å². The minimum atomic E-state index is 0.732. The van der Waals surface area contributed by atoms with Gasteiger partial charge in [0, 0.05) is 51.9 Å².